The first-order valence-corrected chi connectivity index (χ1v) is 6.56. The van der Waals surface area contributed by atoms with E-state index < -0.39 is 0 Å². The first-order chi connectivity index (χ1) is 7.66. The predicted octanol–water partition coefficient (Wildman–Crippen LogP) is 2.88. The molecule has 0 aliphatic heterocycles. The zero-order valence-electron chi connectivity index (χ0n) is 9.33. The highest BCUT2D eigenvalue weighted by atomic mass is 79.9. The van der Waals surface area contributed by atoms with Gasteiger partial charge in [-0.3, -0.25) is 4.79 Å². The summed E-state index contributed by atoms with van der Waals surface area (Å²) in [7, 11) is 0. The number of hydrogen-bond acceptors (Lipinski definition) is 2. The summed E-state index contributed by atoms with van der Waals surface area (Å²) in [5, 5.41) is 2.96. The van der Waals surface area contributed by atoms with Gasteiger partial charge in [-0.2, -0.15) is 0 Å². The van der Waals surface area contributed by atoms with Crippen LogP contribution in [0.15, 0.2) is 16.7 Å². The first-order valence-electron chi connectivity index (χ1n) is 5.64. The highest BCUT2D eigenvalue weighted by Crippen LogP contribution is 2.30. The number of furan rings is 1. The first kappa shape index (κ1) is 11.7. The molecule has 2 unspecified atom stereocenters. The maximum Gasteiger partial charge on any atom is 0.254 e. The van der Waals surface area contributed by atoms with Gasteiger partial charge in [-0.1, -0.05) is 22.4 Å². The van der Waals surface area contributed by atoms with Crippen molar-refractivity contribution in [2.45, 2.75) is 31.0 Å². The van der Waals surface area contributed by atoms with Crippen LogP contribution in [0.3, 0.4) is 0 Å². The second kappa shape index (κ2) is 5.04. The van der Waals surface area contributed by atoms with Crippen molar-refractivity contribution in [3.8, 4) is 0 Å². The summed E-state index contributed by atoms with van der Waals surface area (Å²) in [6, 6.07) is 1.76. The van der Waals surface area contributed by atoms with Gasteiger partial charge < -0.3 is 9.73 Å². The number of carbonyl (C=O) groups excluding carboxylic acids is 1. The number of halogens is 1. The van der Waals surface area contributed by atoms with Crippen LogP contribution < -0.4 is 5.32 Å². The van der Waals surface area contributed by atoms with Crippen molar-refractivity contribution >= 4 is 21.8 Å². The highest BCUT2D eigenvalue weighted by molar-refractivity contribution is 9.09. The lowest BCUT2D eigenvalue weighted by molar-refractivity contribution is 0.0947. The molecule has 1 aromatic heterocycles. The zero-order valence-corrected chi connectivity index (χ0v) is 10.9. The normalized spacial score (nSPS) is 24.6. The van der Waals surface area contributed by atoms with Crippen LogP contribution in [0.5, 0.6) is 0 Å². The number of alkyl halides is 1. The van der Waals surface area contributed by atoms with Crippen LogP contribution in [-0.2, 0) is 0 Å². The average Bonchev–Trinajstić information content (AvgIpc) is 2.84. The molecule has 1 N–H and O–H groups in total. The molecule has 3 nitrogen and oxygen atoms in total. The van der Waals surface area contributed by atoms with Crippen molar-refractivity contribution < 1.29 is 9.21 Å². The van der Waals surface area contributed by atoms with Gasteiger partial charge in [-0.15, -0.1) is 0 Å². The number of carbonyl (C=O) groups is 1. The van der Waals surface area contributed by atoms with E-state index in [1.807, 2.05) is 6.92 Å². The molecule has 0 saturated heterocycles. The summed E-state index contributed by atoms with van der Waals surface area (Å²) >= 11 is 3.65. The molecule has 4 heteroatoms. The minimum Gasteiger partial charge on any atom is -0.469 e. The maximum atomic E-state index is 11.7. The molecule has 1 fully saturated rings. The van der Waals surface area contributed by atoms with Gasteiger partial charge in [0.1, 0.15) is 12.0 Å². The van der Waals surface area contributed by atoms with Crippen molar-refractivity contribution in [3.63, 3.8) is 0 Å². The largest absolute Gasteiger partial charge is 0.469 e. The Hall–Kier alpha value is -0.770. The van der Waals surface area contributed by atoms with Gasteiger partial charge in [-0.25, -0.2) is 0 Å². The third-order valence-electron chi connectivity index (χ3n) is 3.08. The number of rotatable bonds is 3. The number of nitrogens with one attached hydrogen (secondary N) is 1. The molecule has 2 atom stereocenters. The van der Waals surface area contributed by atoms with Crippen LogP contribution in [0.25, 0.3) is 0 Å². The van der Waals surface area contributed by atoms with E-state index in [4.69, 9.17) is 4.42 Å². The maximum absolute atomic E-state index is 11.7. The Bertz CT molecular complexity index is 375. The molecular weight excluding hydrogens is 270 g/mol. The van der Waals surface area contributed by atoms with E-state index in [9.17, 15) is 4.79 Å². The molecule has 0 spiro atoms. The molecule has 2 rings (SSSR count). The molecule has 0 bridgehead atoms. The lowest BCUT2D eigenvalue weighted by Crippen LogP contribution is -2.30. The van der Waals surface area contributed by atoms with Crippen LogP contribution in [0.1, 0.15) is 35.4 Å². The van der Waals surface area contributed by atoms with Gasteiger partial charge in [0, 0.05) is 11.4 Å². The third-order valence-corrected chi connectivity index (χ3v) is 4.29. The predicted molar refractivity (Wildman–Crippen MR) is 65.8 cm³/mol. The molecule has 1 heterocycles. The van der Waals surface area contributed by atoms with Crippen molar-refractivity contribution in [3.05, 3.63) is 23.7 Å². The van der Waals surface area contributed by atoms with Gasteiger partial charge in [0.05, 0.1) is 5.56 Å². The lowest BCUT2D eigenvalue weighted by atomic mass is 10.1. The van der Waals surface area contributed by atoms with E-state index in [0.717, 1.165) is 12.3 Å². The number of aryl methyl sites for hydroxylation is 1. The molecule has 1 aliphatic rings. The second-order valence-corrected chi connectivity index (χ2v) is 5.54. The molecule has 1 saturated carbocycles. The van der Waals surface area contributed by atoms with Gasteiger partial charge in [0.2, 0.25) is 0 Å². The Balaban J connectivity index is 1.84. The van der Waals surface area contributed by atoms with Crippen molar-refractivity contribution in [2.24, 2.45) is 5.92 Å². The summed E-state index contributed by atoms with van der Waals surface area (Å²) < 4.78 is 5.11. The van der Waals surface area contributed by atoms with Crippen LogP contribution in [0.4, 0.5) is 0 Å². The van der Waals surface area contributed by atoms with Gasteiger partial charge in [-0.05, 0) is 31.7 Å². The zero-order chi connectivity index (χ0) is 11.5. The molecule has 88 valence electrons. The molecular formula is C12H16BrNO2. The summed E-state index contributed by atoms with van der Waals surface area (Å²) in [4.78, 5) is 12.3. The lowest BCUT2D eigenvalue weighted by Gasteiger charge is -2.14. The Labute approximate surface area is 104 Å². The fourth-order valence-electron chi connectivity index (χ4n) is 2.11. The Kier molecular flexibility index (Phi) is 3.69. The van der Waals surface area contributed by atoms with Gasteiger partial charge in [0.15, 0.2) is 0 Å². The standard InChI is InChI=1S/C12H16BrNO2/c1-8-5-10(7-16-8)12(15)14-6-9-3-2-4-11(9)13/h5,7,9,11H,2-4,6H2,1H3,(H,14,15). The molecule has 0 radical (unpaired) electrons. The molecule has 1 aliphatic carbocycles. The Morgan fingerprint density at radius 2 is 2.44 bits per heavy atom. The van der Waals surface area contributed by atoms with Crippen molar-refractivity contribution in [1.29, 1.82) is 0 Å². The highest BCUT2D eigenvalue weighted by Gasteiger charge is 2.25. The SMILES string of the molecule is Cc1cc(C(=O)NCC2CCCC2Br)co1. The quantitative estimate of drug-likeness (QED) is 0.868. The molecule has 16 heavy (non-hydrogen) atoms. The van der Waals surface area contributed by atoms with E-state index in [-0.39, 0.29) is 5.91 Å². The average molecular weight is 286 g/mol. The summed E-state index contributed by atoms with van der Waals surface area (Å²) in [5.74, 6) is 1.30. The Morgan fingerprint density at radius 3 is 3.00 bits per heavy atom. The number of amides is 1. The van der Waals surface area contributed by atoms with Gasteiger partial charge >= 0.3 is 0 Å². The summed E-state index contributed by atoms with van der Waals surface area (Å²) in [5.41, 5.74) is 0.613. The van der Waals surface area contributed by atoms with Crippen molar-refractivity contribution in [2.75, 3.05) is 6.54 Å². The van der Waals surface area contributed by atoms with E-state index in [2.05, 4.69) is 21.2 Å². The molecule has 1 amide bonds. The summed E-state index contributed by atoms with van der Waals surface area (Å²) in [6.07, 6.45) is 5.16. The monoisotopic (exact) mass is 285 g/mol. The van der Waals surface area contributed by atoms with E-state index >= 15 is 0 Å². The van der Waals surface area contributed by atoms with Crippen LogP contribution >= 0.6 is 15.9 Å². The fourth-order valence-corrected chi connectivity index (χ4v) is 2.88. The van der Waals surface area contributed by atoms with Crippen LogP contribution in [0, 0.1) is 12.8 Å². The smallest absolute Gasteiger partial charge is 0.254 e. The molecule has 0 aromatic carbocycles. The Morgan fingerprint density at radius 1 is 1.62 bits per heavy atom. The minimum atomic E-state index is -0.0385. The van der Waals surface area contributed by atoms with Gasteiger partial charge in [0.25, 0.3) is 5.91 Å². The summed E-state index contributed by atoms with van der Waals surface area (Å²) in [6.45, 7) is 2.58. The number of hydrogen-bond donors (Lipinski definition) is 1. The van der Waals surface area contributed by atoms with E-state index in [1.54, 1.807) is 6.07 Å². The molecule has 1 aromatic rings. The van der Waals surface area contributed by atoms with Crippen molar-refractivity contribution in [1.82, 2.24) is 5.32 Å². The van der Waals surface area contributed by atoms with E-state index in [1.165, 1.54) is 25.5 Å². The van der Waals surface area contributed by atoms with Crippen LogP contribution in [-0.4, -0.2) is 17.3 Å². The van der Waals surface area contributed by atoms with Crippen LogP contribution in [0.2, 0.25) is 0 Å². The third kappa shape index (κ3) is 2.67. The minimum absolute atomic E-state index is 0.0385. The van der Waals surface area contributed by atoms with E-state index in [0.29, 0.717) is 16.3 Å². The fraction of sp³-hybridized carbons (Fsp3) is 0.583. The second-order valence-electron chi connectivity index (χ2n) is 4.36. The topological polar surface area (TPSA) is 42.2 Å².